The Kier molecular flexibility index (Phi) is 6.48. The number of nitrogens with one attached hydrogen (secondary N) is 1. The molecule has 4 rings (SSSR count). The monoisotopic (exact) mass is 479 g/mol. The van der Waals surface area contributed by atoms with Crippen molar-refractivity contribution in [2.75, 3.05) is 18.4 Å². The second-order valence-corrected chi connectivity index (χ2v) is 8.61. The number of halogens is 4. The number of hydrogen-bond donors (Lipinski definition) is 1. The Labute approximate surface area is 190 Å². The highest BCUT2D eigenvalue weighted by atomic mass is 35.5. The van der Waals surface area contributed by atoms with Gasteiger partial charge in [-0.15, -0.1) is 11.3 Å². The van der Waals surface area contributed by atoms with E-state index >= 15 is 0 Å². The fourth-order valence-electron chi connectivity index (χ4n) is 3.54. The zero-order chi connectivity index (χ0) is 22.8. The molecule has 2 amide bonds. The third kappa shape index (κ3) is 4.63. The molecule has 0 aliphatic carbocycles. The number of amides is 2. The lowest BCUT2D eigenvalue weighted by Crippen LogP contribution is -2.38. The largest absolute Gasteiger partial charge is 0.338 e. The minimum absolute atomic E-state index is 0.0463. The van der Waals surface area contributed by atoms with Gasteiger partial charge in [-0.25, -0.2) is 18.2 Å². The van der Waals surface area contributed by atoms with E-state index in [1.54, 1.807) is 10.3 Å². The Hall–Kier alpha value is -2.91. The van der Waals surface area contributed by atoms with Crippen LogP contribution in [0.3, 0.4) is 0 Å². The highest BCUT2D eigenvalue weighted by Gasteiger charge is 2.29. The molecule has 3 aromatic rings. The molecule has 1 fully saturated rings. The van der Waals surface area contributed by atoms with E-state index in [4.69, 9.17) is 11.6 Å². The van der Waals surface area contributed by atoms with E-state index < -0.39 is 29.3 Å². The Balaban J connectivity index is 1.38. The summed E-state index contributed by atoms with van der Waals surface area (Å²) in [4.78, 5) is 31.0. The molecule has 0 radical (unpaired) electrons. The predicted octanol–water partition coefficient (Wildman–Crippen LogP) is 5.49. The number of hydrogen-bond acceptors (Lipinski definition) is 4. The Morgan fingerprint density at radius 1 is 1.06 bits per heavy atom. The fourth-order valence-corrected chi connectivity index (χ4v) is 4.75. The number of piperidine rings is 1. The molecule has 1 aliphatic heterocycles. The third-order valence-electron chi connectivity index (χ3n) is 5.24. The average molecular weight is 480 g/mol. The highest BCUT2D eigenvalue weighted by Crippen LogP contribution is 2.32. The lowest BCUT2D eigenvalue weighted by atomic mass is 9.97. The standard InChI is InChI=1S/C22H17ClF3N3O2S/c23-14-2-1-3-16(25)19(14)22(31)29-8-6-12(7-9-29)21-28-18(11-32-21)20(30)27-13-4-5-15(24)17(26)10-13/h1-5,10-12H,6-9H2,(H,27,30). The van der Waals surface area contributed by atoms with Crippen LogP contribution in [0.15, 0.2) is 41.8 Å². The molecular formula is C22H17ClF3N3O2S. The van der Waals surface area contributed by atoms with Gasteiger partial charge in [-0.05, 0) is 37.1 Å². The van der Waals surface area contributed by atoms with E-state index in [2.05, 4.69) is 10.3 Å². The molecule has 1 aliphatic rings. The van der Waals surface area contributed by atoms with Crippen LogP contribution in [0.5, 0.6) is 0 Å². The van der Waals surface area contributed by atoms with Gasteiger partial charge in [-0.1, -0.05) is 17.7 Å². The summed E-state index contributed by atoms with van der Waals surface area (Å²) in [7, 11) is 0. The molecular weight excluding hydrogens is 463 g/mol. The molecule has 0 unspecified atom stereocenters. The molecule has 0 bridgehead atoms. The molecule has 5 nitrogen and oxygen atoms in total. The van der Waals surface area contributed by atoms with Crippen LogP contribution in [0.1, 0.15) is 44.6 Å². The van der Waals surface area contributed by atoms with Crippen LogP contribution in [-0.2, 0) is 0 Å². The van der Waals surface area contributed by atoms with Crippen LogP contribution in [0, 0.1) is 17.5 Å². The van der Waals surface area contributed by atoms with Crippen molar-refractivity contribution in [1.29, 1.82) is 0 Å². The van der Waals surface area contributed by atoms with Gasteiger partial charge >= 0.3 is 0 Å². The van der Waals surface area contributed by atoms with Crippen molar-refractivity contribution in [3.63, 3.8) is 0 Å². The molecule has 0 saturated carbocycles. The molecule has 2 aromatic carbocycles. The van der Waals surface area contributed by atoms with Crippen LogP contribution >= 0.6 is 22.9 Å². The second-order valence-electron chi connectivity index (χ2n) is 7.32. The Morgan fingerprint density at radius 2 is 1.81 bits per heavy atom. The number of benzene rings is 2. The van der Waals surface area contributed by atoms with E-state index in [9.17, 15) is 22.8 Å². The van der Waals surface area contributed by atoms with Gasteiger partial charge in [0.1, 0.15) is 11.5 Å². The van der Waals surface area contributed by atoms with Crippen molar-refractivity contribution in [2.24, 2.45) is 0 Å². The van der Waals surface area contributed by atoms with Gasteiger partial charge in [0.25, 0.3) is 11.8 Å². The molecule has 1 N–H and O–H groups in total. The van der Waals surface area contributed by atoms with Crippen molar-refractivity contribution in [2.45, 2.75) is 18.8 Å². The van der Waals surface area contributed by atoms with Crippen molar-refractivity contribution in [3.05, 3.63) is 80.5 Å². The number of likely N-dealkylation sites (tertiary alicyclic amines) is 1. The number of nitrogens with zero attached hydrogens (tertiary/aromatic N) is 2. The quantitative estimate of drug-likeness (QED) is 0.538. The van der Waals surface area contributed by atoms with Crippen LogP contribution in [0.2, 0.25) is 5.02 Å². The number of aromatic nitrogens is 1. The van der Waals surface area contributed by atoms with E-state index in [-0.39, 0.29) is 27.9 Å². The zero-order valence-electron chi connectivity index (χ0n) is 16.6. The maximum atomic E-state index is 14.1. The molecule has 0 spiro atoms. The van der Waals surface area contributed by atoms with Crippen molar-refractivity contribution in [1.82, 2.24) is 9.88 Å². The molecule has 32 heavy (non-hydrogen) atoms. The summed E-state index contributed by atoms with van der Waals surface area (Å²) >= 11 is 7.32. The number of anilines is 1. The molecule has 1 aromatic heterocycles. The predicted molar refractivity (Wildman–Crippen MR) is 116 cm³/mol. The fraction of sp³-hybridized carbons (Fsp3) is 0.227. The van der Waals surface area contributed by atoms with E-state index in [0.717, 1.165) is 17.1 Å². The van der Waals surface area contributed by atoms with Gasteiger partial charge in [0.15, 0.2) is 11.6 Å². The van der Waals surface area contributed by atoms with Gasteiger partial charge in [0.2, 0.25) is 0 Å². The summed E-state index contributed by atoms with van der Waals surface area (Å²) < 4.78 is 40.4. The smallest absolute Gasteiger partial charge is 0.275 e. The highest BCUT2D eigenvalue weighted by molar-refractivity contribution is 7.10. The molecule has 0 atom stereocenters. The van der Waals surface area contributed by atoms with Gasteiger partial charge < -0.3 is 10.2 Å². The number of thiazole rings is 1. The van der Waals surface area contributed by atoms with E-state index in [0.29, 0.717) is 25.9 Å². The summed E-state index contributed by atoms with van der Waals surface area (Å²) in [5.74, 6) is -3.63. The number of carbonyl (C=O) groups excluding carboxylic acids is 2. The topological polar surface area (TPSA) is 62.3 Å². The van der Waals surface area contributed by atoms with Crippen LogP contribution in [0.25, 0.3) is 0 Å². The molecule has 10 heteroatoms. The van der Waals surface area contributed by atoms with Crippen LogP contribution in [0.4, 0.5) is 18.9 Å². The lowest BCUT2D eigenvalue weighted by Gasteiger charge is -2.31. The maximum absolute atomic E-state index is 14.1. The van der Waals surface area contributed by atoms with Gasteiger partial charge in [-0.3, -0.25) is 9.59 Å². The van der Waals surface area contributed by atoms with Gasteiger partial charge in [0.05, 0.1) is 15.6 Å². The van der Waals surface area contributed by atoms with Gasteiger partial charge in [0, 0.05) is 36.1 Å². The second kappa shape index (κ2) is 9.30. The summed E-state index contributed by atoms with van der Waals surface area (Å²) in [6.45, 7) is 0.814. The first-order valence-electron chi connectivity index (χ1n) is 9.78. The van der Waals surface area contributed by atoms with Crippen LogP contribution in [-0.4, -0.2) is 34.8 Å². The van der Waals surface area contributed by atoms with E-state index in [1.807, 2.05) is 0 Å². The first kappa shape index (κ1) is 22.3. The number of carbonyl (C=O) groups is 2. The number of rotatable bonds is 4. The minimum atomic E-state index is -1.06. The zero-order valence-corrected chi connectivity index (χ0v) is 18.2. The third-order valence-corrected chi connectivity index (χ3v) is 6.56. The lowest BCUT2D eigenvalue weighted by molar-refractivity contribution is 0.0708. The molecule has 1 saturated heterocycles. The average Bonchev–Trinajstić information content (AvgIpc) is 3.27. The van der Waals surface area contributed by atoms with E-state index in [1.165, 1.54) is 35.6 Å². The summed E-state index contributed by atoms with van der Waals surface area (Å²) in [6, 6.07) is 7.22. The van der Waals surface area contributed by atoms with Crippen LogP contribution < -0.4 is 5.32 Å². The Bertz CT molecular complexity index is 1160. The first-order chi connectivity index (χ1) is 15.3. The van der Waals surface area contributed by atoms with Crippen molar-refractivity contribution >= 4 is 40.4 Å². The normalized spacial score (nSPS) is 14.4. The van der Waals surface area contributed by atoms with Crippen molar-refractivity contribution in [3.8, 4) is 0 Å². The molecule has 166 valence electrons. The SMILES string of the molecule is O=C(Nc1ccc(F)c(F)c1)c1csc(C2CCN(C(=O)c3c(F)cccc3Cl)CC2)n1. The summed E-state index contributed by atoms with van der Waals surface area (Å²) in [6.07, 6.45) is 1.21. The Morgan fingerprint density at radius 3 is 2.50 bits per heavy atom. The minimum Gasteiger partial charge on any atom is -0.338 e. The maximum Gasteiger partial charge on any atom is 0.275 e. The summed E-state index contributed by atoms with van der Waals surface area (Å²) in [5.41, 5.74) is 0.173. The van der Waals surface area contributed by atoms with Gasteiger partial charge in [-0.2, -0.15) is 0 Å². The molecule has 2 heterocycles. The first-order valence-corrected chi connectivity index (χ1v) is 11.0. The van der Waals surface area contributed by atoms with Crippen molar-refractivity contribution < 1.29 is 22.8 Å². The summed E-state index contributed by atoms with van der Waals surface area (Å²) in [5, 5.41) is 4.91.